The van der Waals surface area contributed by atoms with E-state index in [1.54, 1.807) is 6.08 Å². The van der Waals surface area contributed by atoms with Crippen molar-refractivity contribution in [2.45, 2.75) is 65.5 Å². The molecule has 1 spiro atoms. The van der Waals surface area contributed by atoms with Crippen LogP contribution in [0.15, 0.2) is 23.5 Å². The Labute approximate surface area is 176 Å². The van der Waals surface area contributed by atoms with Crippen molar-refractivity contribution in [1.29, 1.82) is 0 Å². The molecule has 8 heteroatoms. The van der Waals surface area contributed by atoms with E-state index in [9.17, 15) is 14.4 Å². The predicted molar refractivity (Wildman–Crippen MR) is 105 cm³/mol. The van der Waals surface area contributed by atoms with E-state index >= 15 is 0 Å². The van der Waals surface area contributed by atoms with Crippen LogP contribution in [0.1, 0.15) is 47.5 Å². The van der Waals surface area contributed by atoms with Crippen molar-refractivity contribution in [1.82, 2.24) is 0 Å². The highest BCUT2D eigenvalue weighted by atomic mass is 16.7. The second-order valence-corrected chi connectivity index (χ2v) is 8.87. The van der Waals surface area contributed by atoms with Crippen LogP contribution in [-0.4, -0.2) is 49.1 Å². The van der Waals surface area contributed by atoms with Crippen molar-refractivity contribution in [3.63, 3.8) is 0 Å². The minimum Gasteiger partial charge on any atom is -0.461 e. The molecule has 8 nitrogen and oxygen atoms in total. The lowest BCUT2D eigenvalue weighted by Crippen LogP contribution is -2.44. The van der Waals surface area contributed by atoms with Crippen LogP contribution in [0.3, 0.4) is 0 Å². The summed E-state index contributed by atoms with van der Waals surface area (Å²) in [5.74, 6) is -1.28. The zero-order valence-corrected chi connectivity index (χ0v) is 18.1. The zero-order chi connectivity index (χ0) is 22.1. The Morgan fingerprint density at radius 2 is 1.70 bits per heavy atom. The normalized spacial score (nSPS) is 29.1. The third-order valence-corrected chi connectivity index (χ3v) is 5.23. The summed E-state index contributed by atoms with van der Waals surface area (Å²) in [5.41, 5.74) is 0.550. The molecule has 0 bridgehead atoms. The van der Waals surface area contributed by atoms with E-state index in [4.69, 9.17) is 23.7 Å². The summed E-state index contributed by atoms with van der Waals surface area (Å²) in [4.78, 5) is 35.9. The summed E-state index contributed by atoms with van der Waals surface area (Å²) >= 11 is 0. The van der Waals surface area contributed by atoms with Crippen molar-refractivity contribution < 1.29 is 38.1 Å². The molecule has 0 amide bonds. The van der Waals surface area contributed by atoms with Crippen LogP contribution in [-0.2, 0) is 38.1 Å². The van der Waals surface area contributed by atoms with Crippen molar-refractivity contribution in [3.05, 3.63) is 23.5 Å². The van der Waals surface area contributed by atoms with E-state index in [-0.39, 0.29) is 36.8 Å². The first-order valence-corrected chi connectivity index (χ1v) is 10.3. The van der Waals surface area contributed by atoms with Gasteiger partial charge in [0.05, 0.1) is 18.8 Å². The van der Waals surface area contributed by atoms with Crippen LogP contribution in [0.25, 0.3) is 0 Å². The molecule has 1 fully saturated rings. The number of esters is 3. The van der Waals surface area contributed by atoms with Gasteiger partial charge in [-0.3, -0.25) is 14.4 Å². The molecule has 3 rings (SSSR count). The third kappa shape index (κ3) is 4.86. The predicted octanol–water partition coefficient (Wildman–Crippen LogP) is 2.66. The van der Waals surface area contributed by atoms with Gasteiger partial charge in [-0.1, -0.05) is 27.7 Å². The Morgan fingerprint density at radius 1 is 1.10 bits per heavy atom. The topological polar surface area (TPSA) is 101 Å². The van der Waals surface area contributed by atoms with Gasteiger partial charge in [-0.2, -0.15) is 0 Å². The van der Waals surface area contributed by atoms with Crippen LogP contribution >= 0.6 is 0 Å². The van der Waals surface area contributed by atoms with E-state index in [0.717, 1.165) is 5.57 Å². The average molecular weight is 422 g/mol. The number of carbonyl (C=O) groups excluding carboxylic acids is 3. The van der Waals surface area contributed by atoms with E-state index in [1.807, 2.05) is 27.7 Å². The largest absolute Gasteiger partial charge is 0.461 e. The second-order valence-electron chi connectivity index (χ2n) is 8.87. The first-order chi connectivity index (χ1) is 14.1. The SMILES string of the molecule is CC(=O)OCC1=COC(OC(=O)CC(C)C)C2C1=CC(OC(=O)CC(C)C)[C@]21CO1. The third-order valence-electron chi connectivity index (χ3n) is 5.23. The summed E-state index contributed by atoms with van der Waals surface area (Å²) in [5, 5.41) is 0. The molecule has 30 heavy (non-hydrogen) atoms. The van der Waals surface area contributed by atoms with Crippen LogP contribution in [0, 0.1) is 17.8 Å². The molecule has 0 radical (unpaired) electrons. The summed E-state index contributed by atoms with van der Waals surface area (Å²) < 4.78 is 28.0. The number of ether oxygens (including phenoxy) is 5. The van der Waals surface area contributed by atoms with Gasteiger partial charge in [0.25, 0.3) is 6.29 Å². The molecule has 0 aromatic carbocycles. The zero-order valence-electron chi connectivity index (χ0n) is 18.1. The number of hydrogen-bond donors (Lipinski definition) is 0. The highest BCUT2D eigenvalue weighted by Crippen LogP contribution is 2.54. The average Bonchev–Trinajstić information content (AvgIpc) is 3.33. The van der Waals surface area contributed by atoms with E-state index in [1.165, 1.54) is 13.2 Å². The molecule has 4 atom stereocenters. The minimum absolute atomic E-state index is 0.00701. The van der Waals surface area contributed by atoms with E-state index in [0.29, 0.717) is 18.6 Å². The Bertz CT molecular complexity index is 759. The van der Waals surface area contributed by atoms with Crippen LogP contribution in [0.5, 0.6) is 0 Å². The molecule has 0 aromatic rings. The summed E-state index contributed by atoms with van der Waals surface area (Å²) in [6.07, 6.45) is 2.26. The summed E-state index contributed by atoms with van der Waals surface area (Å²) in [6, 6.07) is 0. The Balaban J connectivity index is 1.83. The quantitative estimate of drug-likeness (QED) is 0.334. The maximum Gasteiger partial charge on any atom is 0.309 e. The highest BCUT2D eigenvalue weighted by Gasteiger charge is 2.67. The summed E-state index contributed by atoms with van der Waals surface area (Å²) in [6.45, 7) is 9.41. The van der Waals surface area contributed by atoms with Crippen LogP contribution in [0.2, 0.25) is 0 Å². The molecule has 3 unspecified atom stereocenters. The Morgan fingerprint density at radius 3 is 2.23 bits per heavy atom. The Hall–Kier alpha value is -2.35. The molecule has 0 N–H and O–H groups in total. The van der Waals surface area contributed by atoms with Gasteiger partial charge >= 0.3 is 17.9 Å². The number of fused-ring (bicyclic) bond motifs is 2. The van der Waals surface area contributed by atoms with Gasteiger partial charge in [-0.05, 0) is 23.5 Å². The second kappa shape index (κ2) is 8.79. The molecule has 0 saturated carbocycles. The van der Waals surface area contributed by atoms with Gasteiger partial charge in [-0.15, -0.1) is 0 Å². The molecule has 166 valence electrons. The van der Waals surface area contributed by atoms with Gasteiger partial charge in [0, 0.05) is 25.3 Å². The number of rotatable bonds is 8. The van der Waals surface area contributed by atoms with Crippen LogP contribution < -0.4 is 0 Å². The fourth-order valence-corrected chi connectivity index (χ4v) is 3.82. The lowest BCUT2D eigenvalue weighted by molar-refractivity contribution is -0.186. The van der Waals surface area contributed by atoms with Gasteiger partial charge in [0.1, 0.15) is 12.2 Å². The van der Waals surface area contributed by atoms with Crippen molar-refractivity contribution in [2.24, 2.45) is 17.8 Å². The number of epoxide rings is 1. The molecule has 2 aliphatic heterocycles. The lowest BCUT2D eigenvalue weighted by Gasteiger charge is -2.33. The van der Waals surface area contributed by atoms with E-state index in [2.05, 4.69) is 0 Å². The highest BCUT2D eigenvalue weighted by molar-refractivity contribution is 5.71. The molecule has 1 aliphatic carbocycles. The van der Waals surface area contributed by atoms with Gasteiger partial charge in [0.15, 0.2) is 6.10 Å². The smallest absolute Gasteiger partial charge is 0.309 e. The maximum atomic E-state index is 12.3. The lowest BCUT2D eigenvalue weighted by atomic mass is 9.85. The Kier molecular flexibility index (Phi) is 6.55. The standard InChI is InChI=1S/C22H30O8/c1-12(2)6-18(24)29-17-8-16-15(9-26-14(5)23)10-27-21(20(16)22(17)11-28-22)30-19(25)7-13(3)4/h8,10,12-13,17,20-21H,6-7,9,11H2,1-5H3/t17?,20?,21?,22-/m1/s1. The van der Waals surface area contributed by atoms with Gasteiger partial charge in [-0.25, -0.2) is 0 Å². The minimum atomic E-state index is -0.903. The fraction of sp³-hybridized carbons (Fsp3) is 0.682. The molecule has 3 aliphatic rings. The van der Waals surface area contributed by atoms with Crippen LogP contribution in [0.4, 0.5) is 0 Å². The molecule has 1 saturated heterocycles. The number of hydrogen-bond acceptors (Lipinski definition) is 8. The maximum absolute atomic E-state index is 12.3. The van der Waals surface area contributed by atoms with Crippen molar-refractivity contribution in [2.75, 3.05) is 13.2 Å². The molecule has 0 aromatic heterocycles. The molecule has 2 heterocycles. The van der Waals surface area contributed by atoms with Gasteiger partial charge < -0.3 is 23.7 Å². The molecular formula is C22H30O8. The number of carbonyl (C=O) groups is 3. The monoisotopic (exact) mass is 422 g/mol. The van der Waals surface area contributed by atoms with Crippen molar-refractivity contribution >= 4 is 17.9 Å². The molecular weight excluding hydrogens is 392 g/mol. The fourth-order valence-electron chi connectivity index (χ4n) is 3.82. The van der Waals surface area contributed by atoms with E-state index < -0.39 is 29.9 Å². The van der Waals surface area contributed by atoms with Crippen molar-refractivity contribution in [3.8, 4) is 0 Å². The first-order valence-electron chi connectivity index (χ1n) is 10.3. The van der Waals surface area contributed by atoms with Gasteiger partial charge in [0.2, 0.25) is 0 Å². The first kappa shape index (κ1) is 22.3. The summed E-state index contributed by atoms with van der Waals surface area (Å²) in [7, 11) is 0.